The van der Waals surface area contributed by atoms with Gasteiger partial charge in [0.2, 0.25) is 0 Å². The first-order valence-corrected chi connectivity index (χ1v) is 7.41. The van der Waals surface area contributed by atoms with Crippen LogP contribution in [-0.4, -0.2) is 48.0 Å². The topological polar surface area (TPSA) is 39.3 Å². The summed E-state index contributed by atoms with van der Waals surface area (Å²) in [6, 6.07) is 9.28. The number of amides is 1. The summed E-state index contributed by atoms with van der Waals surface area (Å²) < 4.78 is 40.5. The number of hydrogen-bond acceptors (Lipinski definition) is 2. The van der Waals surface area contributed by atoms with Crippen LogP contribution in [0.25, 0.3) is 0 Å². The van der Waals surface area contributed by atoms with Gasteiger partial charge in [-0.2, -0.15) is 13.2 Å². The van der Waals surface area contributed by atoms with Gasteiger partial charge in [0.05, 0.1) is 0 Å². The maximum absolute atomic E-state index is 13.5. The molecule has 1 aromatic carbocycles. The van der Waals surface area contributed by atoms with Gasteiger partial charge in [0, 0.05) is 26.3 Å². The molecule has 0 spiro atoms. The summed E-state index contributed by atoms with van der Waals surface area (Å²) in [5.74, 6) is -0.223. The van der Waals surface area contributed by atoms with Crippen LogP contribution in [0.3, 0.4) is 0 Å². The molecule has 4 nitrogen and oxygen atoms in total. The highest BCUT2D eigenvalue weighted by molar-refractivity contribution is 5.92. The summed E-state index contributed by atoms with van der Waals surface area (Å²) in [6.45, 7) is 0.0414. The fraction of sp³-hybridized carbons (Fsp3) is 0.353. The molecule has 2 rings (SSSR count). The Morgan fingerprint density at radius 3 is 2.25 bits per heavy atom. The Hall–Kier alpha value is -2.28. The molecule has 0 aliphatic carbocycles. The molecule has 0 bridgehead atoms. The molecule has 1 amide bonds. The predicted octanol–water partition coefficient (Wildman–Crippen LogP) is 3.45. The Morgan fingerprint density at radius 1 is 1.08 bits per heavy atom. The second kappa shape index (κ2) is 7.09. The molecule has 1 N–H and O–H groups in total. The number of aromatic nitrogens is 1. The Morgan fingerprint density at radius 2 is 1.71 bits per heavy atom. The predicted molar refractivity (Wildman–Crippen MR) is 85.5 cm³/mol. The minimum Gasteiger partial charge on any atom is -0.353 e. The number of carbonyl (C=O) groups excluding carboxylic acids is 1. The molecule has 1 aromatic heterocycles. The number of nitrogens with zero attached hydrogens (tertiary/aromatic N) is 2. The third kappa shape index (κ3) is 4.17. The van der Waals surface area contributed by atoms with Crippen molar-refractivity contribution in [3.8, 4) is 0 Å². The zero-order valence-electron chi connectivity index (χ0n) is 13.8. The standard InChI is InChI=1S/C17H20F3N3O/c1-22(2)16(24)14-10-9-13(21-14)11-23(3)15(17(18,19)20)12-7-5-4-6-8-12/h4-10,15,21H,11H2,1-3H3/t15-/m1/s1. The van der Waals surface area contributed by atoms with Crippen LogP contribution in [0.1, 0.15) is 27.8 Å². The molecule has 0 radical (unpaired) electrons. The molecule has 1 atom stereocenters. The van der Waals surface area contributed by atoms with Crippen molar-refractivity contribution in [2.24, 2.45) is 0 Å². The maximum Gasteiger partial charge on any atom is 0.408 e. The van der Waals surface area contributed by atoms with E-state index in [2.05, 4.69) is 4.98 Å². The number of carbonyl (C=O) groups is 1. The molecule has 0 fully saturated rings. The smallest absolute Gasteiger partial charge is 0.353 e. The number of rotatable bonds is 5. The van der Waals surface area contributed by atoms with Crippen molar-refractivity contribution < 1.29 is 18.0 Å². The van der Waals surface area contributed by atoms with Gasteiger partial charge >= 0.3 is 6.18 Å². The number of hydrogen-bond donors (Lipinski definition) is 1. The van der Waals surface area contributed by atoms with Crippen LogP contribution in [0, 0.1) is 0 Å². The first-order valence-electron chi connectivity index (χ1n) is 7.41. The van der Waals surface area contributed by atoms with Gasteiger partial charge in [-0.25, -0.2) is 0 Å². The van der Waals surface area contributed by atoms with Crippen molar-refractivity contribution in [2.75, 3.05) is 21.1 Å². The highest BCUT2D eigenvalue weighted by atomic mass is 19.4. The SMILES string of the molecule is CN(C)C(=O)c1ccc(CN(C)[C@H](c2ccccc2)C(F)(F)F)[nH]1. The van der Waals surface area contributed by atoms with Crippen molar-refractivity contribution in [3.05, 3.63) is 59.4 Å². The van der Waals surface area contributed by atoms with Crippen molar-refractivity contribution in [1.82, 2.24) is 14.8 Å². The van der Waals surface area contributed by atoms with Crippen LogP contribution in [0.2, 0.25) is 0 Å². The van der Waals surface area contributed by atoms with E-state index in [-0.39, 0.29) is 18.0 Å². The van der Waals surface area contributed by atoms with E-state index in [1.165, 1.54) is 29.0 Å². The van der Waals surface area contributed by atoms with E-state index in [0.717, 1.165) is 0 Å². The number of halogens is 3. The third-order valence-corrected chi connectivity index (χ3v) is 3.67. The number of alkyl halides is 3. The monoisotopic (exact) mass is 339 g/mol. The second-order valence-electron chi connectivity index (χ2n) is 5.87. The van der Waals surface area contributed by atoms with Gasteiger partial charge in [-0.1, -0.05) is 30.3 Å². The minimum atomic E-state index is -4.40. The van der Waals surface area contributed by atoms with E-state index in [0.29, 0.717) is 11.4 Å². The fourth-order valence-electron chi connectivity index (χ4n) is 2.59. The molecule has 2 aromatic rings. The van der Waals surface area contributed by atoms with E-state index in [1.54, 1.807) is 44.4 Å². The molecule has 0 saturated carbocycles. The quantitative estimate of drug-likeness (QED) is 0.906. The van der Waals surface area contributed by atoms with E-state index in [9.17, 15) is 18.0 Å². The fourth-order valence-corrected chi connectivity index (χ4v) is 2.59. The Bertz CT molecular complexity index is 680. The number of H-pyrrole nitrogens is 1. The number of aromatic amines is 1. The second-order valence-corrected chi connectivity index (χ2v) is 5.87. The van der Waals surface area contributed by atoms with E-state index in [1.807, 2.05) is 0 Å². The molecular formula is C17H20F3N3O. The average molecular weight is 339 g/mol. The lowest BCUT2D eigenvalue weighted by atomic mass is 10.1. The molecule has 130 valence electrons. The van der Waals surface area contributed by atoms with Gasteiger partial charge in [-0.3, -0.25) is 9.69 Å². The third-order valence-electron chi connectivity index (χ3n) is 3.67. The van der Waals surface area contributed by atoms with Crippen molar-refractivity contribution in [1.29, 1.82) is 0 Å². The van der Waals surface area contributed by atoms with Crippen LogP contribution in [-0.2, 0) is 6.54 Å². The summed E-state index contributed by atoms with van der Waals surface area (Å²) in [5, 5.41) is 0. The van der Waals surface area contributed by atoms with Crippen LogP contribution >= 0.6 is 0 Å². The Kier molecular flexibility index (Phi) is 5.33. The summed E-state index contributed by atoms with van der Waals surface area (Å²) in [6.07, 6.45) is -4.40. The molecule has 7 heteroatoms. The zero-order valence-corrected chi connectivity index (χ0v) is 13.8. The van der Waals surface area contributed by atoms with Gasteiger partial charge < -0.3 is 9.88 Å². The molecule has 0 unspecified atom stereocenters. The highest BCUT2D eigenvalue weighted by Crippen LogP contribution is 2.37. The summed E-state index contributed by atoms with van der Waals surface area (Å²) in [4.78, 5) is 17.4. The Balaban J connectivity index is 2.20. The lowest BCUT2D eigenvalue weighted by Crippen LogP contribution is -2.35. The van der Waals surface area contributed by atoms with E-state index in [4.69, 9.17) is 0 Å². The molecule has 0 aliphatic heterocycles. The zero-order chi connectivity index (χ0) is 17.9. The minimum absolute atomic E-state index is 0.0414. The van der Waals surface area contributed by atoms with Gasteiger partial charge in [-0.15, -0.1) is 0 Å². The van der Waals surface area contributed by atoms with Crippen molar-refractivity contribution in [3.63, 3.8) is 0 Å². The number of benzene rings is 1. The maximum atomic E-state index is 13.5. The van der Waals surface area contributed by atoms with Gasteiger partial charge in [0.15, 0.2) is 0 Å². The van der Waals surface area contributed by atoms with Gasteiger partial charge in [0.1, 0.15) is 11.7 Å². The lowest BCUT2D eigenvalue weighted by molar-refractivity contribution is -0.184. The highest BCUT2D eigenvalue weighted by Gasteiger charge is 2.43. The summed E-state index contributed by atoms with van der Waals surface area (Å²) in [5.41, 5.74) is 1.09. The normalized spacial score (nSPS) is 13.1. The van der Waals surface area contributed by atoms with Gasteiger partial charge in [0.25, 0.3) is 5.91 Å². The van der Waals surface area contributed by atoms with Crippen LogP contribution in [0.5, 0.6) is 0 Å². The molecule has 24 heavy (non-hydrogen) atoms. The lowest BCUT2D eigenvalue weighted by Gasteiger charge is -2.30. The number of nitrogens with one attached hydrogen (secondary N) is 1. The molecule has 1 heterocycles. The first-order chi connectivity index (χ1) is 11.2. The van der Waals surface area contributed by atoms with Crippen molar-refractivity contribution in [2.45, 2.75) is 18.8 Å². The largest absolute Gasteiger partial charge is 0.408 e. The van der Waals surface area contributed by atoms with E-state index < -0.39 is 12.2 Å². The first kappa shape index (κ1) is 18.1. The van der Waals surface area contributed by atoms with Crippen LogP contribution in [0.15, 0.2) is 42.5 Å². The molecule has 0 saturated heterocycles. The molecular weight excluding hydrogens is 319 g/mol. The van der Waals surface area contributed by atoms with Crippen LogP contribution < -0.4 is 0 Å². The summed E-state index contributed by atoms with van der Waals surface area (Å²) >= 11 is 0. The Labute approximate surface area is 138 Å². The van der Waals surface area contributed by atoms with Gasteiger partial charge in [-0.05, 0) is 24.7 Å². The van der Waals surface area contributed by atoms with Crippen molar-refractivity contribution >= 4 is 5.91 Å². The van der Waals surface area contributed by atoms with Crippen LogP contribution in [0.4, 0.5) is 13.2 Å². The van der Waals surface area contributed by atoms with E-state index >= 15 is 0 Å². The average Bonchev–Trinajstić information content (AvgIpc) is 2.94. The summed E-state index contributed by atoms with van der Waals surface area (Å²) in [7, 11) is 4.65. The molecule has 0 aliphatic rings.